The number of nitrogens with one attached hydrogen (secondary N) is 2. The first-order valence-corrected chi connectivity index (χ1v) is 10.3. The number of hydrogen-bond acceptors (Lipinski definition) is 7. The Labute approximate surface area is 182 Å². The number of anilines is 1. The highest BCUT2D eigenvalue weighted by atomic mass is 32.1. The molecule has 3 rings (SSSR count). The summed E-state index contributed by atoms with van der Waals surface area (Å²) in [5.74, 6) is -0.702. The first kappa shape index (κ1) is 22.3. The summed E-state index contributed by atoms with van der Waals surface area (Å²) in [5.41, 5.74) is 0.594. The lowest BCUT2D eigenvalue weighted by Crippen LogP contribution is -2.25. The summed E-state index contributed by atoms with van der Waals surface area (Å²) in [6, 6.07) is 12.5. The zero-order valence-corrected chi connectivity index (χ0v) is 17.6. The average molecular weight is 444 g/mol. The van der Waals surface area contributed by atoms with E-state index in [1.165, 1.54) is 18.2 Å². The summed E-state index contributed by atoms with van der Waals surface area (Å²) in [6.45, 7) is 1.23. The van der Waals surface area contributed by atoms with Crippen molar-refractivity contribution in [3.05, 3.63) is 69.9 Å². The number of hydrogen-bond donors (Lipinski definition) is 2. The summed E-state index contributed by atoms with van der Waals surface area (Å²) in [4.78, 5) is 24.3. The van der Waals surface area contributed by atoms with E-state index in [0.29, 0.717) is 29.5 Å². The maximum atomic E-state index is 13.7. The Hall–Kier alpha value is -3.37. The van der Waals surface area contributed by atoms with Crippen molar-refractivity contribution >= 4 is 28.8 Å². The van der Waals surface area contributed by atoms with Crippen LogP contribution in [0.2, 0.25) is 0 Å². The van der Waals surface area contributed by atoms with Gasteiger partial charge in [-0.1, -0.05) is 23.5 Å². The summed E-state index contributed by atoms with van der Waals surface area (Å²) in [7, 11) is 1.61. The molecule has 0 aliphatic rings. The molecule has 0 radical (unpaired) electrons. The highest BCUT2D eigenvalue weighted by molar-refractivity contribution is 7.13. The molecule has 3 aromatic rings. The van der Waals surface area contributed by atoms with Crippen molar-refractivity contribution in [1.82, 2.24) is 15.5 Å². The lowest BCUT2D eigenvalue weighted by molar-refractivity contribution is 0.0947. The molecule has 0 atom stereocenters. The fourth-order valence-electron chi connectivity index (χ4n) is 2.51. The van der Waals surface area contributed by atoms with Crippen LogP contribution in [-0.2, 0) is 11.3 Å². The molecule has 1 aromatic heterocycles. The minimum atomic E-state index is -0.547. The molecule has 0 fully saturated rings. The summed E-state index contributed by atoms with van der Waals surface area (Å²) < 4.78 is 24.2. The minimum Gasteiger partial charge on any atom is -0.486 e. The third-order valence-electron chi connectivity index (χ3n) is 4.07. The van der Waals surface area contributed by atoms with Crippen LogP contribution in [0.25, 0.3) is 0 Å². The van der Waals surface area contributed by atoms with E-state index in [4.69, 9.17) is 9.47 Å². The van der Waals surface area contributed by atoms with Crippen LogP contribution in [0.4, 0.5) is 10.1 Å². The fraction of sp³-hybridized carbons (Fsp3) is 0.238. The van der Waals surface area contributed by atoms with Gasteiger partial charge in [-0.15, -0.1) is 10.2 Å². The van der Waals surface area contributed by atoms with Gasteiger partial charge in [0.05, 0.1) is 5.69 Å². The Morgan fingerprint density at radius 2 is 1.84 bits per heavy atom. The van der Waals surface area contributed by atoms with Gasteiger partial charge in [-0.2, -0.15) is 0 Å². The maximum absolute atomic E-state index is 13.7. The molecule has 0 saturated carbocycles. The van der Waals surface area contributed by atoms with E-state index in [9.17, 15) is 14.0 Å². The molecular weight excluding hydrogens is 423 g/mol. The van der Waals surface area contributed by atoms with Gasteiger partial charge < -0.3 is 20.1 Å². The molecule has 2 N–H and O–H groups in total. The van der Waals surface area contributed by atoms with Crippen molar-refractivity contribution < 1.29 is 23.5 Å². The van der Waals surface area contributed by atoms with Crippen LogP contribution in [-0.4, -0.2) is 42.3 Å². The zero-order chi connectivity index (χ0) is 22.1. The van der Waals surface area contributed by atoms with Crippen molar-refractivity contribution in [3.63, 3.8) is 0 Å². The smallest absolute Gasteiger partial charge is 0.286 e. The predicted molar refractivity (Wildman–Crippen MR) is 114 cm³/mol. The number of halogens is 1. The Morgan fingerprint density at radius 3 is 2.58 bits per heavy atom. The largest absolute Gasteiger partial charge is 0.486 e. The summed E-state index contributed by atoms with van der Waals surface area (Å²) >= 11 is 1.05. The molecule has 0 spiro atoms. The van der Waals surface area contributed by atoms with Crippen LogP contribution in [0.5, 0.6) is 5.75 Å². The van der Waals surface area contributed by atoms with E-state index in [0.717, 1.165) is 17.8 Å². The maximum Gasteiger partial charge on any atom is 0.286 e. The molecule has 0 aliphatic heterocycles. The zero-order valence-electron chi connectivity index (χ0n) is 16.8. The number of methoxy groups -OCH3 is 1. The molecule has 0 saturated heterocycles. The van der Waals surface area contributed by atoms with Crippen LogP contribution in [0.3, 0.4) is 0 Å². The van der Waals surface area contributed by atoms with Gasteiger partial charge >= 0.3 is 0 Å². The number of benzene rings is 2. The van der Waals surface area contributed by atoms with E-state index in [-0.39, 0.29) is 23.2 Å². The van der Waals surface area contributed by atoms with Gasteiger partial charge in [-0.05, 0) is 42.8 Å². The number of rotatable bonds is 10. The molecule has 1 heterocycles. The van der Waals surface area contributed by atoms with E-state index >= 15 is 0 Å². The van der Waals surface area contributed by atoms with E-state index in [1.807, 2.05) is 0 Å². The van der Waals surface area contributed by atoms with Gasteiger partial charge in [-0.3, -0.25) is 9.59 Å². The van der Waals surface area contributed by atoms with Gasteiger partial charge in [0.1, 0.15) is 18.2 Å². The van der Waals surface area contributed by atoms with Crippen LogP contribution in [0, 0.1) is 5.82 Å². The van der Waals surface area contributed by atoms with Crippen molar-refractivity contribution in [3.8, 4) is 5.75 Å². The first-order valence-electron chi connectivity index (χ1n) is 9.45. The number of carbonyl (C=O) groups is 2. The van der Waals surface area contributed by atoms with Crippen molar-refractivity contribution in [2.24, 2.45) is 0 Å². The summed E-state index contributed by atoms with van der Waals surface area (Å²) in [5, 5.41) is 13.6. The fourth-order valence-corrected chi connectivity index (χ4v) is 3.16. The second kappa shape index (κ2) is 11.1. The minimum absolute atomic E-state index is 0.0725. The Kier molecular flexibility index (Phi) is 8.02. The Balaban J connectivity index is 1.49. The number of aromatic nitrogens is 2. The normalized spacial score (nSPS) is 10.5. The summed E-state index contributed by atoms with van der Waals surface area (Å²) in [6.07, 6.45) is 0.742. The van der Waals surface area contributed by atoms with Gasteiger partial charge in [-0.25, -0.2) is 4.39 Å². The number of ether oxygens (including phenoxy) is 2. The predicted octanol–water partition coefficient (Wildman–Crippen LogP) is 3.27. The molecule has 162 valence electrons. The number of carbonyl (C=O) groups excluding carboxylic acids is 2. The molecule has 0 aliphatic carbocycles. The third kappa shape index (κ3) is 6.56. The van der Waals surface area contributed by atoms with Crippen molar-refractivity contribution in [1.29, 1.82) is 0 Å². The van der Waals surface area contributed by atoms with E-state index in [2.05, 4.69) is 20.8 Å². The second-order valence-electron chi connectivity index (χ2n) is 6.35. The molecule has 0 bridgehead atoms. The SMILES string of the molecule is COCCCNC(=O)c1ccc(OCc2nnc(C(=O)Nc3ccccc3F)s2)cc1. The van der Waals surface area contributed by atoms with E-state index in [1.54, 1.807) is 37.4 Å². The molecule has 2 aromatic carbocycles. The first-order chi connectivity index (χ1) is 15.1. The molecular formula is C21H21FN4O4S. The van der Waals surface area contributed by atoms with Gasteiger partial charge in [0.25, 0.3) is 11.8 Å². The van der Waals surface area contributed by atoms with Crippen LogP contribution < -0.4 is 15.4 Å². The van der Waals surface area contributed by atoms with E-state index < -0.39 is 11.7 Å². The molecule has 8 nitrogen and oxygen atoms in total. The quantitative estimate of drug-likeness (QED) is 0.466. The lowest BCUT2D eigenvalue weighted by atomic mass is 10.2. The monoisotopic (exact) mass is 444 g/mol. The lowest BCUT2D eigenvalue weighted by Gasteiger charge is -2.07. The highest BCUT2D eigenvalue weighted by Gasteiger charge is 2.15. The van der Waals surface area contributed by atoms with Crippen molar-refractivity contribution in [2.45, 2.75) is 13.0 Å². The van der Waals surface area contributed by atoms with Gasteiger partial charge in [0, 0.05) is 25.8 Å². The van der Waals surface area contributed by atoms with Crippen LogP contribution in [0.15, 0.2) is 48.5 Å². The standard InChI is InChI=1S/C21H21FN4O4S/c1-29-12-4-11-23-19(27)14-7-9-15(10-8-14)30-13-18-25-26-21(31-18)20(28)24-17-6-3-2-5-16(17)22/h2-3,5-10H,4,11-13H2,1H3,(H,23,27)(H,24,28). The molecule has 0 unspecified atom stereocenters. The Bertz CT molecular complexity index is 1030. The number of nitrogens with zero attached hydrogens (tertiary/aromatic N) is 2. The van der Waals surface area contributed by atoms with Crippen LogP contribution in [0.1, 0.15) is 31.6 Å². The Morgan fingerprint density at radius 1 is 1.06 bits per heavy atom. The average Bonchev–Trinajstić information content (AvgIpc) is 3.26. The molecule has 2 amide bonds. The third-order valence-corrected chi connectivity index (χ3v) is 4.97. The van der Waals surface area contributed by atoms with Crippen LogP contribution >= 0.6 is 11.3 Å². The van der Waals surface area contributed by atoms with Gasteiger partial charge in [0.2, 0.25) is 5.01 Å². The van der Waals surface area contributed by atoms with Crippen molar-refractivity contribution in [2.75, 3.05) is 25.6 Å². The second-order valence-corrected chi connectivity index (χ2v) is 7.41. The van der Waals surface area contributed by atoms with Gasteiger partial charge in [0.15, 0.2) is 5.01 Å². The highest BCUT2D eigenvalue weighted by Crippen LogP contribution is 2.18. The number of amides is 2. The topological polar surface area (TPSA) is 102 Å². The molecule has 10 heteroatoms. The molecule has 31 heavy (non-hydrogen) atoms. The number of para-hydroxylation sites is 1.